The predicted molar refractivity (Wildman–Crippen MR) is 138 cm³/mol. The summed E-state index contributed by atoms with van der Waals surface area (Å²) in [6.45, 7) is 4.98. The number of carbonyl (C=O) groups excluding carboxylic acids is 3. The fraction of sp³-hybridized carbons (Fsp3) is 0.357. The lowest BCUT2D eigenvalue weighted by atomic mass is 9.99. The van der Waals surface area contributed by atoms with E-state index in [1.165, 1.54) is 12.1 Å². The molecule has 3 aromatic rings. The maximum atomic E-state index is 13.3. The first-order chi connectivity index (χ1) is 17.7. The SMILES string of the molecule is CC1(C)c2nc(-c3ccc(F)cc3)cn2CCN1C(=O)CNC(=O)CCNC(=O)CCc1ccccc1. The average Bonchev–Trinajstić information content (AvgIpc) is 3.33. The number of aryl methyl sites for hydroxylation is 1. The maximum absolute atomic E-state index is 13.3. The molecule has 9 heteroatoms. The molecule has 4 rings (SSSR count). The summed E-state index contributed by atoms with van der Waals surface area (Å²) >= 11 is 0. The van der Waals surface area contributed by atoms with Crippen LogP contribution in [0.2, 0.25) is 0 Å². The van der Waals surface area contributed by atoms with E-state index < -0.39 is 5.54 Å². The van der Waals surface area contributed by atoms with Crippen LogP contribution >= 0.6 is 0 Å². The third-order valence-corrected chi connectivity index (χ3v) is 6.60. The van der Waals surface area contributed by atoms with Gasteiger partial charge in [-0.05, 0) is 50.1 Å². The Bertz CT molecular complexity index is 1250. The van der Waals surface area contributed by atoms with Crippen LogP contribution < -0.4 is 10.6 Å². The molecule has 0 unspecified atom stereocenters. The van der Waals surface area contributed by atoms with Crippen molar-refractivity contribution in [2.75, 3.05) is 19.6 Å². The number of hydrogen-bond acceptors (Lipinski definition) is 4. The lowest BCUT2D eigenvalue weighted by Crippen LogP contribution is -2.54. The van der Waals surface area contributed by atoms with Crippen molar-refractivity contribution in [3.8, 4) is 11.3 Å². The van der Waals surface area contributed by atoms with E-state index in [1.54, 1.807) is 17.0 Å². The van der Waals surface area contributed by atoms with Gasteiger partial charge >= 0.3 is 0 Å². The number of hydrogen-bond donors (Lipinski definition) is 2. The van der Waals surface area contributed by atoms with Gasteiger partial charge in [0.1, 0.15) is 11.6 Å². The van der Waals surface area contributed by atoms with Crippen molar-refractivity contribution in [2.24, 2.45) is 0 Å². The minimum atomic E-state index is -0.689. The molecule has 0 fully saturated rings. The van der Waals surface area contributed by atoms with Crippen molar-refractivity contribution in [3.63, 3.8) is 0 Å². The van der Waals surface area contributed by atoms with Crippen LogP contribution in [0.5, 0.6) is 0 Å². The molecule has 2 heterocycles. The zero-order valence-corrected chi connectivity index (χ0v) is 21.2. The zero-order chi connectivity index (χ0) is 26.4. The van der Waals surface area contributed by atoms with Gasteiger partial charge in [0.05, 0.1) is 17.8 Å². The Morgan fingerprint density at radius 2 is 1.65 bits per heavy atom. The van der Waals surface area contributed by atoms with Gasteiger partial charge in [-0.3, -0.25) is 14.4 Å². The molecular weight excluding hydrogens is 473 g/mol. The van der Waals surface area contributed by atoms with Crippen molar-refractivity contribution in [1.82, 2.24) is 25.1 Å². The molecule has 194 valence electrons. The van der Waals surface area contributed by atoms with Gasteiger partial charge in [0, 0.05) is 44.2 Å². The Morgan fingerprint density at radius 3 is 2.38 bits per heavy atom. The molecule has 3 amide bonds. The first-order valence-corrected chi connectivity index (χ1v) is 12.5. The van der Waals surface area contributed by atoms with Gasteiger partial charge in [0.2, 0.25) is 17.7 Å². The molecule has 1 aliphatic rings. The molecular formula is C28H32FN5O3. The molecule has 2 N–H and O–H groups in total. The van der Waals surface area contributed by atoms with E-state index in [4.69, 9.17) is 4.98 Å². The third kappa shape index (κ3) is 6.41. The summed E-state index contributed by atoms with van der Waals surface area (Å²) in [4.78, 5) is 43.7. The topological polar surface area (TPSA) is 96.3 Å². The Hall–Kier alpha value is -4.01. The van der Waals surface area contributed by atoms with E-state index >= 15 is 0 Å². The summed E-state index contributed by atoms with van der Waals surface area (Å²) in [5.41, 5.74) is 1.92. The minimum Gasteiger partial charge on any atom is -0.356 e. The smallest absolute Gasteiger partial charge is 0.242 e. The van der Waals surface area contributed by atoms with Crippen LogP contribution in [-0.4, -0.2) is 51.8 Å². The summed E-state index contributed by atoms with van der Waals surface area (Å²) in [5, 5.41) is 5.42. The minimum absolute atomic E-state index is 0.0964. The fourth-order valence-electron chi connectivity index (χ4n) is 4.54. The number of imidazole rings is 1. The van der Waals surface area contributed by atoms with Gasteiger partial charge in [-0.25, -0.2) is 9.37 Å². The average molecular weight is 506 g/mol. The molecule has 0 saturated heterocycles. The van der Waals surface area contributed by atoms with Gasteiger partial charge in [0.25, 0.3) is 0 Å². The largest absolute Gasteiger partial charge is 0.356 e. The lowest BCUT2D eigenvalue weighted by molar-refractivity contribution is -0.139. The van der Waals surface area contributed by atoms with E-state index in [0.717, 1.165) is 22.6 Å². The number of halogens is 1. The van der Waals surface area contributed by atoms with E-state index in [1.807, 2.05) is 54.9 Å². The normalized spacial score (nSPS) is 14.1. The number of rotatable bonds is 9. The van der Waals surface area contributed by atoms with Crippen LogP contribution in [0.15, 0.2) is 60.8 Å². The molecule has 0 atom stereocenters. The number of aromatic nitrogens is 2. The molecule has 0 radical (unpaired) electrons. The van der Waals surface area contributed by atoms with Gasteiger partial charge in [-0.1, -0.05) is 30.3 Å². The summed E-state index contributed by atoms with van der Waals surface area (Å²) in [6.07, 6.45) is 3.01. The molecule has 0 bridgehead atoms. The lowest BCUT2D eigenvalue weighted by Gasteiger charge is -2.42. The second-order valence-electron chi connectivity index (χ2n) is 9.62. The second-order valence-corrected chi connectivity index (χ2v) is 9.62. The number of fused-ring (bicyclic) bond motifs is 1. The Balaban J connectivity index is 1.24. The first kappa shape index (κ1) is 26.1. The number of carbonyl (C=O) groups is 3. The van der Waals surface area contributed by atoms with Crippen molar-refractivity contribution in [2.45, 2.75) is 45.2 Å². The summed E-state index contributed by atoms with van der Waals surface area (Å²) in [7, 11) is 0. The van der Waals surface area contributed by atoms with Crippen LogP contribution in [0.4, 0.5) is 4.39 Å². The highest BCUT2D eigenvalue weighted by molar-refractivity contribution is 5.85. The van der Waals surface area contributed by atoms with E-state index in [2.05, 4.69) is 10.6 Å². The second kappa shape index (κ2) is 11.4. The molecule has 0 saturated carbocycles. The van der Waals surface area contributed by atoms with Crippen LogP contribution in [0, 0.1) is 5.82 Å². The Labute approximate surface area is 215 Å². The Morgan fingerprint density at radius 1 is 0.946 bits per heavy atom. The number of amides is 3. The molecule has 1 aliphatic heterocycles. The van der Waals surface area contributed by atoms with E-state index in [-0.39, 0.29) is 43.0 Å². The first-order valence-electron chi connectivity index (χ1n) is 12.5. The fourth-order valence-corrected chi connectivity index (χ4v) is 4.54. The number of nitrogens with zero attached hydrogens (tertiary/aromatic N) is 3. The van der Waals surface area contributed by atoms with Crippen LogP contribution in [0.1, 0.15) is 38.1 Å². The zero-order valence-electron chi connectivity index (χ0n) is 21.2. The molecule has 37 heavy (non-hydrogen) atoms. The van der Waals surface area contributed by atoms with Crippen molar-refractivity contribution < 1.29 is 18.8 Å². The number of nitrogens with one attached hydrogen (secondary N) is 2. The van der Waals surface area contributed by atoms with Crippen LogP contribution in [0.25, 0.3) is 11.3 Å². The number of benzene rings is 2. The van der Waals surface area contributed by atoms with Crippen LogP contribution in [0.3, 0.4) is 0 Å². The highest BCUT2D eigenvalue weighted by Gasteiger charge is 2.39. The molecule has 8 nitrogen and oxygen atoms in total. The van der Waals surface area contributed by atoms with Crippen molar-refractivity contribution in [3.05, 3.63) is 78.0 Å². The van der Waals surface area contributed by atoms with Gasteiger partial charge < -0.3 is 20.1 Å². The monoisotopic (exact) mass is 505 g/mol. The maximum Gasteiger partial charge on any atom is 0.242 e. The quantitative estimate of drug-likeness (QED) is 0.467. The highest BCUT2D eigenvalue weighted by Crippen LogP contribution is 2.33. The molecule has 0 aliphatic carbocycles. The van der Waals surface area contributed by atoms with Gasteiger partial charge in [0.15, 0.2) is 0 Å². The Kier molecular flexibility index (Phi) is 8.01. The van der Waals surface area contributed by atoms with Gasteiger partial charge in [-0.2, -0.15) is 0 Å². The van der Waals surface area contributed by atoms with Crippen molar-refractivity contribution in [1.29, 1.82) is 0 Å². The molecule has 2 aromatic carbocycles. The molecule has 0 spiro atoms. The standard InChI is InChI=1S/C28H32FN5O3/c1-28(2)27-32-23(21-9-11-22(29)12-10-21)19-33(27)16-17-34(28)26(37)18-31-25(36)14-15-30-24(35)13-8-20-6-4-3-5-7-20/h3-7,9-12,19H,8,13-18H2,1-2H3,(H,30,35)(H,31,36). The third-order valence-electron chi connectivity index (χ3n) is 6.60. The molecule has 1 aromatic heterocycles. The summed E-state index contributed by atoms with van der Waals surface area (Å²) in [6, 6.07) is 15.9. The van der Waals surface area contributed by atoms with Gasteiger partial charge in [-0.15, -0.1) is 0 Å². The predicted octanol–water partition coefficient (Wildman–Crippen LogP) is 3.02. The summed E-state index contributed by atoms with van der Waals surface area (Å²) < 4.78 is 15.3. The van der Waals surface area contributed by atoms with Crippen LogP contribution in [-0.2, 0) is 32.9 Å². The summed E-state index contributed by atoms with van der Waals surface area (Å²) in [5.74, 6) is -0.193. The van der Waals surface area contributed by atoms with Crippen molar-refractivity contribution >= 4 is 17.7 Å². The van der Waals surface area contributed by atoms with E-state index in [9.17, 15) is 18.8 Å². The highest BCUT2D eigenvalue weighted by atomic mass is 19.1. The van der Waals surface area contributed by atoms with E-state index in [0.29, 0.717) is 25.9 Å².